The summed E-state index contributed by atoms with van der Waals surface area (Å²) in [5.74, 6) is -0.909. The van der Waals surface area contributed by atoms with Crippen LogP contribution in [0.3, 0.4) is 0 Å². The lowest BCUT2D eigenvalue weighted by atomic mass is 10.2. The highest BCUT2D eigenvalue weighted by Crippen LogP contribution is 2.36. The molecule has 2 aliphatic heterocycles. The van der Waals surface area contributed by atoms with Crippen molar-refractivity contribution in [2.75, 3.05) is 19.5 Å². The molecule has 0 saturated heterocycles. The molecular weight excluding hydrogens is 350 g/mol. The number of hydrogen-bond acceptors (Lipinski definition) is 6. The number of methoxy groups -OCH3 is 2. The third-order valence-electron chi connectivity index (χ3n) is 3.48. The number of phenolic OH excluding ortho intramolecular Hbond substituents is 1. The summed E-state index contributed by atoms with van der Waals surface area (Å²) in [4.78, 5) is 0. The second-order valence-electron chi connectivity index (χ2n) is 4.78. The average molecular weight is 366 g/mol. The lowest BCUT2D eigenvalue weighted by Crippen LogP contribution is -2.51. The van der Waals surface area contributed by atoms with Crippen molar-refractivity contribution in [1.82, 2.24) is 10.4 Å². The summed E-state index contributed by atoms with van der Waals surface area (Å²) in [5.41, 5.74) is 5.54. The SMILES string of the molecule is COC1(OC)NN2C=CC(Br)=CC2=C1Nc1ccc(O)cc1. The molecule has 1 aromatic carbocycles. The molecule has 7 heteroatoms. The molecular formula is C15H16BrN3O3. The molecule has 0 aromatic heterocycles. The lowest BCUT2D eigenvalue weighted by Gasteiger charge is -2.30. The number of phenols is 1. The minimum Gasteiger partial charge on any atom is -0.508 e. The van der Waals surface area contributed by atoms with E-state index in [1.807, 2.05) is 23.4 Å². The van der Waals surface area contributed by atoms with Gasteiger partial charge in [-0.1, -0.05) is 15.9 Å². The lowest BCUT2D eigenvalue weighted by molar-refractivity contribution is -0.208. The maximum absolute atomic E-state index is 9.40. The summed E-state index contributed by atoms with van der Waals surface area (Å²) in [7, 11) is 3.13. The highest BCUT2D eigenvalue weighted by molar-refractivity contribution is 9.11. The van der Waals surface area contributed by atoms with E-state index in [4.69, 9.17) is 9.47 Å². The number of hydrogen-bond donors (Lipinski definition) is 3. The Bertz CT molecular complexity index is 663. The zero-order chi connectivity index (χ0) is 15.7. The minimum absolute atomic E-state index is 0.211. The maximum atomic E-state index is 9.40. The van der Waals surface area contributed by atoms with Gasteiger partial charge in [-0.3, -0.25) is 5.01 Å². The van der Waals surface area contributed by atoms with Gasteiger partial charge in [-0.15, -0.1) is 0 Å². The van der Waals surface area contributed by atoms with Crippen LogP contribution in [-0.2, 0) is 9.47 Å². The molecule has 0 bridgehead atoms. The fourth-order valence-electron chi connectivity index (χ4n) is 2.36. The molecule has 0 fully saturated rings. The predicted molar refractivity (Wildman–Crippen MR) is 86.6 cm³/mol. The minimum atomic E-state index is -1.12. The molecule has 0 aliphatic carbocycles. The van der Waals surface area contributed by atoms with E-state index in [9.17, 15) is 5.11 Å². The number of rotatable bonds is 4. The molecule has 0 atom stereocenters. The molecule has 1 aromatic rings. The van der Waals surface area contributed by atoms with Crippen molar-refractivity contribution in [3.63, 3.8) is 0 Å². The van der Waals surface area contributed by atoms with Crippen molar-refractivity contribution in [3.05, 3.63) is 58.5 Å². The van der Waals surface area contributed by atoms with E-state index in [1.54, 1.807) is 38.5 Å². The quantitative estimate of drug-likeness (QED) is 0.562. The van der Waals surface area contributed by atoms with Crippen LogP contribution >= 0.6 is 15.9 Å². The smallest absolute Gasteiger partial charge is 0.290 e. The van der Waals surface area contributed by atoms with Crippen LogP contribution in [0.25, 0.3) is 0 Å². The van der Waals surface area contributed by atoms with Gasteiger partial charge >= 0.3 is 0 Å². The van der Waals surface area contributed by atoms with Gasteiger partial charge < -0.3 is 19.9 Å². The molecule has 3 N–H and O–H groups in total. The van der Waals surface area contributed by atoms with E-state index in [1.165, 1.54) is 0 Å². The van der Waals surface area contributed by atoms with Crippen LogP contribution in [0.2, 0.25) is 0 Å². The highest BCUT2D eigenvalue weighted by atomic mass is 79.9. The van der Waals surface area contributed by atoms with Crippen LogP contribution < -0.4 is 10.7 Å². The first-order valence-corrected chi connectivity index (χ1v) is 7.41. The normalized spacial score (nSPS) is 19.2. The molecule has 0 amide bonds. The molecule has 0 radical (unpaired) electrons. The first-order valence-electron chi connectivity index (χ1n) is 6.61. The topological polar surface area (TPSA) is 66.0 Å². The summed E-state index contributed by atoms with van der Waals surface area (Å²) >= 11 is 3.47. The van der Waals surface area contributed by atoms with E-state index >= 15 is 0 Å². The summed E-state index contributed by atoms with van der Waals surface area (Å²) < 4.78 is 12.1. The number of aromatic hydroxyl groups is 1. The van der Waals surface area contributed by atoms with E-state index in [0.717, 1.165) is 15.9 Å². The van der Waals surface area contributed by atoms with Crippen LogP contribution in [0.4, 0.5) is 5.69 Å². The van der Waals surface area contributed by atoms with Crippen molar-refractivity contribution in [2.45, 2.75) is 5.91 Å². The molecule has 116 valence electrons. The number of fused-ring (bicyclic) bond motifs is 1. The molecule has 6 nitrogen and oxygen atoms in total. The third kappa shape index (κ3) is 2.52. The molecule has 2 heterocycles. The van der Waals surface area contributed by atoms with E-state index in [0.29, 0.717) is 5.70 Å². The fourth-order valence-corrected chi connectivity index (χ4v) is 2.70. The maximum Gasteiger partial charge on any atom is 0.290 e. The Morgan fingerprint density at radius 2 is 1.91 bits per heavy atom. The third-order valence-corrected chi connectivity index (χ3v) is 3.97. The summed E-state index contributed by atoms with van der Waals surface area (Å²) in [6.45, 7) is 0. The predicted octanol–water partition coefficient (Wildman–Crippen LogP) is 2.59. The van der Waals surface area contributed by atoms with Gasteiger partial charge in [-0.05, 0) is 36.4 Å². The first-order chi connectivity index (χ1) is 10.6. The number of benzene rings is 1. The van der Waals surface area contributed by atoms with Crippen molar-refractivity contribution in [1.29, 1.82) is 0 Å². The number of allylic oxidation sites excluding steroid dienone is 3. The van der Waals surface area contributed by atoms with E-state index in [-0.39, 0.29) is 5.75 Å². The highest BCUT2D eigenvalue weighted by Gasteiger charge is 2.46. The number of hydrazine groups is 1. The number of halogens is 1. The largest absolute Gasteiger partial charge is 0.508 e. The second-order valence-corrected chi connectivity index (χ2v) is 5.70. The Labute approximate surface area is 136 Å². The van der Waals surface area contributed by atoms with Gasteiger partial charge in [-0.2, -0.15) is 5.43 Å². The van der Waals surface area contributed by atoms with Crippen LogP contribution in [0.5, 0.6) is 5.75 Å². The number of nitrogens with zero attached hydrogens (tertiary/aromatic N) is 1. The molecule has 3 rings (SSSR count). The van der Waals surface area contributed by atoms with Gasteiger partial charge in [0, 0.05) is 30.6 Å². The van der Waals surface area contributed by atoms with Gasteiger partial charge in [0.15, 0.2) is 0 Å². The van der Waals surface area contributed by atoms with Crippen LogP contribution in [0, 0.1) is 0 Å². The van der Waals surface area contributed by atoms with Crippen molar-refractivity contribution < 1.29 is 14.6 Å². The Morgan fingerprint density at radius 1 is 1.23 bits per heavy atom. The number of ether oxygens (including phenoxy) is 2. The summed E-state index contributed by atoms with van der Waals surface area (Å²) in [6.07, 6.45) is 5.74. The molecule has 0 unspecified atom stereocenters. The van der Waals surface area contributed by atoms with Gasteiger partial charge in [0.2, 0.25) is 0 Å². The first kappa shape index (κ1) is 15.1. The van der Waals surface area contributed by atoms with Gasteiger partial charge in [0.25, 0.3) is 5.91 Å². The van der Waals surface area contributed by atoms with Crippen molar-refractivity contribution >= 4 is 21.6 Å². The van der Waals surface area contributed by atoms with Gasteiger partial charge in [0.1, 0.15) is 11.4 Å². The Hall–Kier alpha value is -1.80. The standard InChI is InChI=1S/C15H16BrN3O3/c1-21-15(22-2)14(17-11-3-5-12(20)6-4-11)13-9-10(16)7-8-19(13)18-15/h3-9,17-18,20H,1-2H3. The van der Waals surface area contributed by atoms with Crippen molar-refractivity contribution in [2.24, 2.45) is 0 Å². The molecule has 0 spiro atoms. The van der Waals surface area contributed by atoms with Crippen LogP contribution in [-0.4, -0.2) is 30.2 Å². The fraction of sp³-hybridized carbons (Fsp3) is 0.200. The van der Waals surface area contributed by atoms with Crippen LogP contribution in [0.15, 0.2) is 58.5 Å². The summed E-state index contributed by atoms with van der Waals surface area (Å²) in [5, 5.41) is 14.5. The molecule has 2 aliphatic rings. The Balaban J connectivity index is 2.03. The van der Waals surface area contributed by atoms with Crippen LogP contribution in [0.1, 0.15) is 0 Å². The van der Waals surface area contributed by atoms with Crippen molar-refractivity contribution in [3.8, 4) is 5.75 Å². The Kier molecular flexibility index (Phi) is 3.96. The number of nitrogens with one attached hydrogen (secondary N) is 2. The van der Waals surface area contributed by atoms with Gasteiger partial charge in [0.05, 0.1) is 5.70 Å². The molecule has 0 saturated carbocycles. The average Bonchev–Trinajstić information content (AvgIpc) is 2.83. The van der Waals surface area contributed by atoms with Gasteiger partial charge in [-0.25, -0.2) is 0 Å². The molecule has 22 heavy (non-hydrogen) atoms. The monoisotopic (exact) mass is 365 g/mol. The van der Waals surface area contributed by atoms with E-state index in [2.05, 4.69) is 26.7 Å². The second kappa shape index (κ2) is 5.77. The zero-order valence-electron chi connectivity index (χ0n) is 12.1. The summed E-state index contributed by atoms with van der Waals surface area (Å²) in [6, 6.07) is 6.78. The number of anilines is 1. The van der Waals surface area contributed by atoms with E-state index < -0.39 is 5.91 Å². The zero-order valence-corrected chi connectivity index (χ0v) is 13.7. The Morgan fingerprint density at radius 3 is 2.55 bits per heavy atom.